The molecule has 0 aliphatic rings. The van der Waals surface area contributed by atoms with Crippen molar-refractivity contribution in [3.63, 3.8) is 0 Å². The van der Waals surface area contributed by atoms with Crippen molar-refractivity contribution in [2.75, 3.05) is 7.11 Å². The van der Waals surface area contributed by atoms with Crippen molar-refractivity contribution in [1.82, 2.24) is 10.6 Å². The number of nitriles is 1. The average Bonchev–Trinajstić information content (AvgIpc) is 2.73. The Balaban J connectivity index is 2.18. The Morgan fingerprint density at radius 1 is 1.03 bits per heavy atom. The van der Waals surface area contributed by atoms with Gasteiger partial charge in [-0.05, 0) is 29.3 Å². The van der Waals surface area contributed by atoms with Crippen LogP contribution < -0.4 is 10.6 Å². The topological polar surface area (TPSA) is 108 Å². The van der Waals surface area contributed by atoms with Gasteiger partial charge in [0.2, 0.25) is 11.8 Å². The van der Waals surface area contributed by atoms with Gasteiger partial charge in [-0.15, -0.1) is 0 Å². The molecule has 2 N–H and O–H groups in total. The Kier molecular flexibility index (Phi) is 8.06. The molecule has 2 amide bonds. The maximum absolute atomic E-state index is 14.0. The summed E-state index contributed by atoms with van der Waals surface area (Å²) in [6, 6.07) is 12.4. The fraction of sp³-hybridized carbons (Fsp3) is 0.273. The number of carbonyl (C=O) groups excluding carboxylic acids is 3. The van der Waals surface area contributed by atoms with Crippen molar-refractivity contribution in [2.24, 2.45) is 0 Å². The lowest BCUT2D eigenvalue weighted by Gasteiger charge is -2.22. The Bertz CT molecular complexity index is 954. The van der Waals surface area contributed by atoms with Gasteiger partial charge in [0.05, 0.1) is 18.7 Å². The van der Waals surface area contributed by atoms with E-state index in [4.69, 9.17) is 10.00 Å². The van der Waals surface area contributed by atoms with Crippen molar-refractivity contribution in [3.8, 4) is 6.07 Å². The van der Waals surface area contributed by atoms with E-state index in [0.717, 1.165) is 0 Å². The number of methoxy groups -OCH3 is 1. The molecular formula is C22H22FN3O4. The Hall–Kier alpha value is -3.73. The van der Waals surface area contributed by atoms with Crippen LogP contribution >= 0.6 is 0 Å². The number of amides is 2. The van der Waals surface area contributed by atoms with Gasteiger partial charge < -0.3 is 15.4 Å². The molecule has 0 aliphatic heterocycles. The molecule has 0 aromatic heterocycles. The molecule has 0 aliphatic carbocycles. The van der Waals surface area contributed by atoms with Crippen molar-refractivity contribution in [1.29, 1.82) is 5.26 Å². The highest BCUT2D eigenvalue weighted by molar-refractivity contribution is 5.90. The highest BCUT2D eigenvalue weighted by Crippen LogP contribution is 2.11. The first kappa shape index (κ1) is 22.6. The van der Waals surface area contributed by atoms with E-state index in [1.54, 1.807) is 30.3 Å². The van der Waals surface area contributed by atoms with E-state index in [2.05, 4.69) is 10.6 Å². The summed E-state index contributed by atoms with van der Waals surface area (Å²) in [7, 11) is 1.20. The number of benzene rings is 2. The summed E-state index contributed by atoms with van der Waals surface area (Å²) in [4.78, 5) is 36.6. The van der Waals surface area contributed by atoms with Gasteiger partial charge in [-0.2, -0.15) is 5.26 Å². The lowest BCUT2D eigenvalue weighted by atomic mass is 10.0. The van der Waals surface area contributed by atoms with Crippen molar-refractivity contribution in [3.05, 3.63) is 71.0 Å². The minimum absolute atomic E-state index is 0.0805. The molecule has 7 nitrogen and oxygen atoms in total. The van der Waals surface area contributed by atoms with Crippen LogP contribution in [0.3, 0.4) is 0 Å². The van der Waals surface area contributed by atoms with Crippen LogP contribution in [0.2, 0.25) is 0 Å². The predicted octanol–water partition coefficient (Wildman–Crippen LogP) is 1.65. The Labute approximate surface area is 173 Å². The van der Waals surface area contributed by atoms with Crippen LogP contribution in [0.1, 0.15) is 23.6 Å². The molecule has 0 saturated carbocycles. The van der Waals surface area contributed by atoms with E-state index in [-0.39, 0.29) is 18.4 Å². The van der Waals surface area contributed by atoms with E-state index < -0.39 is 35.7 Å². The second-order valence-electron chi connectivity index (χ2n) is 6.65. The number of ether oxygens (including phenoxy) is 1. The highest BCUT2D eigenvalue weighted by atomic mass is 19.1. The van der Waals surface area contributed by atoms with Crippen molar-refractivity contribution >= 4 is 17.8 Å². The molecule has 156 valence electrons. The molecule has 0 unspecified atom stereocenters. The van der Waals surface area contributed by atoms with Gasteiger partial charge in [0.15, 0.2) is 0 Å². The second kappa shape index (κ2) is 10.7. The fourth-order valence-electron chi connectivity index (χ4n) is 2.90. The maximum atomic E-state index is 14.0. The molecule has 0 fully saturated rings. The van der Waals surface area contributed by atoms with Gasteiger partial charge in [0, 0.05) is 19.8 Å². The summed E-state index contributed by atoms with van der Waals surface area (Å²) < 4.78 is 18.8. The molecule has 2 atom stereocenters. The number of nitrogens with zero attached hydrogens (tertiary/aromatic N) is 1. The molecule has 0 spiro atoms. The number of carbonyl (C=O) groups is 3. The third-order valence-corrected chi connectivity index (χ3v) is 4.40. The molecule has 0 heterocycles. The zero-order valence-corrected chi connectivity index (χ0v) is 16.6. The standard InChI is InChI=1S/C22H22FN3O4/c1-14(27)25-19(12-17-5-3-4-6-18(17)23)21(28)26-20(22(29)30-2)11-15-7-9-16(13-24)10-8-15/h3-10,19-20H,11-12H2,1-2H3,(H,25,27)(H,26,28)/t19-,20+/m0/s1. The SMILES string of the molecule is COC(=O)[C@@H](Cc1ccc(C#N)cc1)NC(=O)[C@H](Cc1ccccc1F)NC(C)=O. The van der Waals surface area contributed by atoms with Crippen LogP contribution in [0.5, 0.6) is 0 Å². The normalized spacial score (nSPS) is 12.2. The van der Waals surface area contributed by atoms with E-state index in [1.165, 1.54) is 32.2 Å². The third-order valence-electron chi connectivity index (χ3n) is 4.40. The quantitative estimate of drug-likeness (QED) is 0.642. The van der Waals surface area contributed by atoms with Gasteiger partial charge in [-0.1, -0.05) is 30.3 Å². The van der Waals surface area contributed by atoms with E-state index in [0.29, 0.717) is 11.1 Å². The van der Waals surface area contributed by atoms with E-state index in [1.807, 2.05) is 6.07 Å². The maximum Gasteiger partial charge on any atom is 0.328 e. The number of rotatable bonds is 8. The number of hydrogen-bond donors (Lipinski definition) is 2. The largest absolute Gasteiger partial charge is 0.467 e. The highest BCUT2D eigenvalue weighted by Gasteiger charge is 2.27. The second-order valence-corrected chi connectivity index (χ2v) is 6.65. The van der Waals surface area contributed by atoms with E-state index in [9.17, 15) is 18.8 Å². The minimum Gasteiger partial charge on any atom is -0.467 e. The van der Waals surface area contributed by atoms with Crippen LogP contribution in [0.25, 0.3) is 0 Å². The Morgan fingerprint density at radius 3 is 2.27 bits per heavy atom. The third kappa shape index (κ3) is 6.41. The van der Waals surface area contributed by atoms with Crippen LogP contribution in [0, 0.1) is 17.1 Å². The number of halogens is 1. The first-order valence-electron chi connectivity index (χ1n) is 9.21. The average molecular weight is 411 g/mol. The summed E-state index contributed by atoms with van der Waals surface area (Å²) in [5, 5.41) is 14.0. The molecule has 30 heavy (non-hydrogen) atoms. The molecule has 8 heteroatoms. The van der Waals surface area contributed by atoms with Gasteiger partial charge >= 0.3 is 5.97 Å². The zero-order chi connectivity index (χ0) is 22.1. The predicted molar refractivity (Wildman–Crippen MR) is 107 cm³/mol. The summed E-state index contributed by atoms with van der Waals surface area (Å²) in [6.07, 6.45) is 0.0411. The fourth-order valence-corrected chi connectivity index (χ4v) is 2.90. The van der Waals surface area contributed by atoms with Gasteiger partial charge in [0.25, 0.3) is 0 Å². The van der Waals surface area contributed by atoms with Crippen molar-refractivity contribution < 1.29 is 23.5 Å². The van der Waals surface area contributed by atoms with Gasteiger partial charge in [-0.25, -0.2) is 9.18 Å². The molecular weight excluding hydrogens is 389 g/mol. The smallest absolute Gasteiger partial charge is 0.328 e. The molecule has 0 bridgehead atoms. The monoisotopic (exact) mass is 411 g/mol. The molecule has 0 saturated heterocycles. The van der Waals surface area contributed by atoms with Gasteiger partial charge in [-0.3, -0.25) is 9.59 Å². The van der Waals surface area contributed by atoms with Crippen LogP contribution in [0.4, 0.5) is 4.39 Å². The van der Waals surface area contributed by atoms with Crippen LogP contribution in [-0.4, -0.2) is 37.0 Å². The summed E-state index contributed by atoms with van der Waals surface area (Å²) >= 11 is 0. The minimum atomic E-state index is -1.08. The zero-order valence-electron chi connectivity index (χ0n) is 16.6. The summed E-state index contributed by atoms with van der Waals surface area (Å²) in [6.45, 7) is 1.25. The lowest BCUT2D eigenvalue weighted by molar-refractivity contribution is -0.145. The molecule has 2 rings (SSSR count). The van der Waals surface area contributed by atoms with Crippen LogP contribution in [0.15, 0.2) is 48.5 Å². The van der Waals surface area contributed by atoms with Gasteiger partial charge in [0.1, 0.15) is 17.9 Å². The lowest BCUT2D eigenvalue weighted by Crippen LogP contribution is -2.53. The van der Waals surface area contributed by atoms with Crippen molar-refractivity contribution in [2.45, 2.75) is 31.8 Å². The molecule has 0 radical (unpaired) electrons. The first-order valence-corrected chi connectivity index (χ1v) is 9.21. The summed E-state index contributed by atoms with van der Waals surface area (Å²) in [5.41, 5.74) is 1.43. The number of nitrogens with one attached hydrogen (secondary N) is 2. The molecule has 2 aromatic rings. The summed E-state index contributed by atoms with van der Waals surface area (Å²) in [5.74, 6) is -2.27. The first-order chi connectivity index (χ1) is 14.3. The number of esters is 1. The molecule has 2 aromatic carbocycles. The van der Waals surface area contributed by atoms with E-state index >= 15 is 0 Å². The Morgan fingerprint density at radius 2 is 1.70 bits per heavy atom. The number of hydrogen-bond acceptors (Lipinski definition) is 5. The van der Waals surface area contributed by atoms with Crippen LogP contribution in [-0.2, 0) is 32.0 Å².